The summed E-state index contributed by atoms with van der Waals surface area (Å²) in [6.45, 7) is 6.12. The van der Waals surface area contributed by atoms with E-state index in [0.29, 0.717) is 11.8 Å². The lowest BCUT2D eigenvalue weighted by Gasteiger charge is -2.31. The van der Waals surface area contributed by atoms with E-state index < -0.39 is 0 Å². The van der Waals surface area contributed by atoms with Crippen LogP contribution in [-0.2, 0) is 17.0 Å². The molecule has 2 aliphatic rings. The van der Waals surface area contributed by atoms with E-state index >= 15 is 0 Å². The number of hydrogen-bond acceptors (Lipinski definition) is 5. The fourth-order valence-electron chi connectivity index (χ4n) is 5.28. The molecule has 7 heteroatoms. The SMILES string of the molecule is CCc1nn2c(-c3c(OC)cc(CCl)cc3OC)cccc2c1N(CC1CCOCC1)CC1CC1. The van der Waals surface area contributed by atoms with Crippen molar-refractivity contribution in [2.24, 2.45) is 11.8 Å². The van der Waals surface area contributed by atoms with Gasteiger partial charge in [0.1, 0.15) is 11.5 Å². The number of aryl methyl sites for hydroxylation is 1. The van der Waals surface area contributed by atoms with Gasteiger partial charge in [-0.15, -0.1) is 11.6 Å². The molecule has 0 amide bonds. The number of aromatic nitrogens is 2. The maximum atomic E-state index is 6.14. The van der Waals surface area contributed by atoms with Crippen molar-refractivity contribution in [1.29, 1.82) is 0 Å². The Bertz CT molecular complexity index is 1140. The lowest BCUT2D eigenvalue weighted by Crippen LogP contribution is -2.34. The van der Waals surface area contributed by atoms with Crippen LogP contribution in [0.2, 0.25) is 0 Å². The number of alkyl halides is 1. The Morgan fingerprint density at radius 1 is 1.03 bits per heavy atom. The number of benzene rings is 1. The van der Waals surface area contributed by atoms with Gasteiger partial charge in [-0.2, -0.15) is 5.10 Å². The molecular weight excluding hydrogens is 462 g/mol. The first-order valence-electron chi connectivity index (χ1n) is 12.8. The third kappa shape index (κ3) is 4.96. The van der Waals surface area contributed by atoms with Crippen molar-refractivity contribution < 1.29 is 14.2 Å². The summed E-state index contributed by atoms with van der Waals surface area (Å²) in [5.41, 5.74) is 6.36. The van der Waals surface area contributed by atoms with Crippen LogP contribution in [0.3, 0.4) is 0 Å². The third-order valence-electron chi connectivity index (χ3n) is 7.32. The zero-order chi connectivity index (χ0) is 24.4. The Morgan fingerprint density at radius 3 is 2.26 bits per heavy atom. The van der Waals surface area contributed by atoms with Crippen molar-refractivity contribution in [3.05, 3.63) is 41.6 Å². The minimum atomic E-state index is 0.394. The number of halogens is 1. The van der Waals surface area contributed by atoms with Crippen LogP contribution >= 0.6 is 11.6 Å². The number of hydrogen-bond donors (Lipinski definition) is 0. The van der Waals surface area contributed by atoms with Crippen LogP contribution in [0.4, 0.5) is 5.69 Å². The number of pyridine rings is 1. The molecule has 0 atom stereocenters. The van der Waals surface area contributed by atoms with Crippen LogP contribution in [0, 0.1) is 11.8 Å². The molecule has 1 aliphatic heterocycles. The van der Waals surface area contributed by atoms with Gasteiger partial charge in [-0.25, -0.2) is 4.52 Å². The second-order valence-corrected chi connectivity index (χ2v) is 10.0. The minimum Gasteiger partial charge on any atom is -0.496 e. The fraction of sp³-hybridized carbons (Fsp3) is 0.536. The van der Waals surface area contributed by atoms with Gasteiger partial charge in [-0.05, 0) is 73.8 Å². The molecule has 0 unspecified atom stereocenters. The molecule has 1 saturated carbocycles. The standard InChI is InChI=1S/C28H36ClN3O3/c1-4-22-28(31(17-19-8-9-19)18-20-10-12-35-13-11-20)24-7-5-6-23(32(24)30-22)27-25(33-2)14-21(16-29)15-26(27)34-3/h5-7,14-15,19-20H,4,8-13,16-18H2,1-3H3. The Balaban J connectivity index is 1.64. The Labute approximate surface area is 213 Å². The van der Waals surface area contributed by atoms with Gasteiger partial charge in [0.05, 0.1) is 42.4 Å². The molecule has 1 aliphatic carbocycles. The van der Waals surface area contributed by atoms with E-state index in [1.807, 2.05) is 12.1 Å². The maximum absolute atomic E-state index is 6.14. The monoisotopic (exact) mass is 497 g/mol. The van der Waals surface area contributed by atoms with Crippen molar-refractivity contribution in [3.63, 3.8) is 0 Å². The van der Waals surface area contributed by atoms with E-state index in [4.69, 9.17) is 30.9 Å². The molecular formula is C28H36ClN3O3. The highest BCUT2D eigenvalue weighted by Gasteiger charge is 2.30. The molecule has 3 heterocycles. The summed E-state index contributed by atoms with van der Waals surface area (Å²) in [5.74, 6) is 3.32. The molecule has 188 valence electrons. The van der Waals surface area contributed by atoms with Crippen LogP contribution in [0.25, 0.3) is 16.8 Å². The van der Waals surface area contributed by atoms with Gasteiger partial charge in [0, 0.05) is 32.2 Å². The van der Waals surface area contributed by atoms with E-state index in [1.165, 1.54) is 18.5 Å². The average molecular weight is 498 g/mol. The summed E-state index contributed by atoms with van der Waals surface area (Å²) in [6.07, 6.45) is 5.81. The van der Waals surface area contributed by atoms with Gasteiger partial charge in [0.15, 0.2) is 0 Å². The lowest BCUT2D eigenvalue weighted by atomic mass is 9.99. The first kappa shape index (κ1) is 24.3. The van der Waals surface area contributed by atoms with E-state index in [1.54, 1.807) is 14.2 Å². The second kappa shape index (κ2) is 10.7. The number of anilines is 1. The van der Waals surface area contributed by atoms with E-state index in [-0.39, 0.29) is 0 Å². The van der Waals surface area contributed by atoms with Gasteiger partial charge in [-0.3, -0.25) is 0 Å². The summed E-state index contributed by atoms with van der Waals surface area (Å²) in [7, 11) is 3.38. The smallest absolute Gasteiger partial charge is 0.132 e. The molecule has 1 saturated heterocycles. The van der Waals surface area contributed by atoms with Gasteiger partial charge < -0.3 is 19.1 Å². The average Bonchev–Trinajstić information content (AvgIpc) is 3.64. The summed E-state index contributed by atoms with van der Waals surface area (Å²) >= 11 is 6.14. The normalized spacial score (nSPS) is 16.6. The Kier molecular flexibility index (Phi) is 7.40. The molecule has 0 N–H and O–H groups in total. The molecule has 6 nitrogen and oxygen atoms in total. The molecule has 0 bridgehead atoms. The van der Waals surface area contributed by atoms with Crippen molar-refractivity contribution in [2.75, 3.05) is 45.4 Å². The van der Waals surface area contributed by atoms with Crippen LogP contribution in [0.15, 0.2) is 30.3 Å². The Hall–Kier alpha value is -2.44. The summed E-state index contributed by atoms with van der Waals surface area (Å²) in [5, 5.41) is 5.16. The van der Waals surface area contributed by atoms with Crippen LogP contribution in [0.5, 0.6) is 11.5 Å². The zero-order valence-electron chi connectivity index (χ0n) is 21.1. The fourth-order valence-corrected chi connectivity index (χ4v) is 5.44. The topological polar surface area (TPSA) is 48.2 Å². The predicted octanol–water partition coefficient (Wildman–Crippen LogP) is 5.96. The molecule has 2 aromatic heterocycles. The highest BCUT2D eigenvalue weighted by atomic mass is 35.5. The molecule has 3 aromatic rings. The number of methoxy groups -OCH3 is 2. The zero-order valence-corrected chi connectivity index (χ0v) is 21.8. The third-order valence-corrected chi connectivity index (χ3v) is 7.63. The largest absolute Gasteiger partial charge is 0.496 e. The van der Waals surface area contributed by atoms with Crippen molar-refractivity contribution >= 4 is 22.8 Å². The van der Waals surface area contributed by atoms with E-state index in [0.717, 1.165) is 91.0 Å². The first-order valence-corrected chi connectivity index (χ1v) is 13.3. The molecule has 2 fully saturated rings. The van der Waals surface area contributed by atoms with Gasteiger partial charge >= 0.3 is 0 Å². The van der Waals surface area contributed by atoms with Gasteiger partial charge in [0.2, 0.25) is 0 Å². The van der Waals surface area contributed by atoms with Crippen molar-refractivity contribution in [2.45, 2.75) is 44.9 Å². The highest BCUT2D eigenvalue weighted by Crippen LogP contribution is 2.42. The number of fused-ring (bicyclic) bond motifs is 1. The molecule has 1 aromatic carbocycles. The summed E-state index contributed by atoms with van der Waals surface area (Å²) in [4.78, 5) is 2.63. The molecule has 0 spiro atoms. The van der Waals surface area contributed by atoms with E-state index in [2.05, 4.69) is 34.5 Å². The molecule has 35 heavy (non-hydrogen) atoms. The van der Waals surface area contributed by atoms with Crippen LogP contribution in [-0.4, -0.2) is 50.1 Å². The van der Waals surface area contributed by atoms with Crippen molar-refractivity contribution in [3.8, 4) is 22.8 Å². The number of rotatable bonds is 10. The first-order chi connectivity index (χ1) is 17.2. The summed E-state index contributed by atoms with van der Waals surface area (Å²) < 4.78 is 19.3. The predicted molar refractivity (Wildman–Crippen MR) is 141 cm³/mol. The van der Waals surface area contributed by atoms with E-state index in [9.17, 15) is 0 Å². The van der Waals surface area contributed by atoms with Crippen LogP contribution in [0.1, 0.15) is 43.9 Å². The van der Waals surface area contributed by atoms with Gasteiger partial charge in [-0.1, -0.05) is 13.0 Å². The highest BCUT2D eigenvalue weighted by molar-refractivity contribution is 6.17. The summed E-state index contributed by atoms with van der Waals surface area (Å²) in [6, 6.07) is 10.4. The lowest BCUT2D eigenvalue weighted by molar-refractivity contribution is 0.0682. The minimum absolute atomic E-state index is 0.394. The molecule has 5 rings (SSSR count). The number of nitrogens with zero attached hydrogens (tertiary/aromatic N) is 3. The number of ether oxygens (including phenoxy) is 3. The second-order valence-electron chi connectivity index (χ2n) is 9.77. The maximum Gasteiger partial charge on any atom is 0.132 e. The quantitative estimate of drug-likeness (QED) is 0.323. The molecule has 0 radical (unpaired) electrons. The van der Waals surface area contributed by atoms with Crippen LogP contribution < -0.4 is 14.4 Å². The van der Waals surface area contributed by atoms with Crippen molar-refractivity contribution in [1.82, 2.24) is 9.61 Å². The Morgan fingerprint density at radius 2 is 1.69 bits per heavy atom. The van der Waals surface area contributed by atoms with Gasteiger partial charge in [0.25, 0.3) is 0 Å².